The summed E-state index contributed by atoms with van der Waals surface area (Å²) in [4.78, 5) is 60.7. The average Bonchev–Trinajstić information content (AvgIpc) is 3.69. The maximum atomic E-state index is 15.0. The van der Waals surface area contributed by atoms with Gasteiger partial charge in [0.1, 0.15) is 17.7 Å². The zero-order valence-corrected chi connectivity index (χ0v) is 31.1. The summed E-state index contributed by atoms with van der Waals surface area (Å²) in [6, 6.07) is 5.94. The first kappa shape index (κ1) is 38.6. The van der Waals surface area contributed by atoms with Crippen LogP contribution in [0, 0.1) is 17.8 Å². The van der Waals surface area contributed by atoms with E-state index in [1.54, 1.807) is 24.0 Å². The van der Waals surface area contributed by atoms with Gasteiger partial charge in [-0.2, -0.15) is 0 Å². The maximum absolute atomic E-state index is 15.0. The van der Waals surface area contributed by atoms with Crippen molar-refractivity contribution < 1.29 is 33.8 Å². The van der Waals surface area contributed by atoms with Crippen molar-refractivity contribution in [1.82, 2.24) is 10.2 Å². The predicted molar refractivity (Wildman–Crippen MR) is 193 cm³/mol. The highest BCUT2D eigenvalue weighted by atomic mass is 79.9. The number of esters is 1. The van der Waals surface area contributed by atoms with Gasteiger partial charge in [0, 0.05) is 42.3 Å². The fourth-order valence-corrected chi connectivity index (χ4v) is 8.66. The minimum absolute atomic E-state index is 0.110. The molecule has 12 heteroatoms. The lowest BCUT2D eigenvalue weighted by Gasteiger charge is -2.41. The number of allylic oxidation sites excluding steroid dienone is 1. The van der Waals surface area contributed by atoms with E-state index in [9.17, 15) is 24.3 Å². The Morgan fingerprint density at radius 2 is 1.80 bits per heavy atom. The number of nitrogens with one attached hydrogen (secondary N) is 1. The van der Waals surface area contributed by atoms with Crippen LogP contribution in [0.15, 0.2) is 49.6 Å². The van der Waals surface area contributed by atoms with Gasteiger partial charge in [0.25, 0.3) is 5.91 Å². The van der Waals surface area contributed by atoms with Crippen LogP contribution in [-0.2, 0) is 28.7 Å². The molecule has 3 saturated heterocycles. The number of ether oxygens (including phenoxy) is 2. The lowest BCUT2D eigenvalue weighted by molar-refractivity contribution is -0.160. The van der Waals surface area contributed by atoms with Gasteiger partial charge in [-0.25, -0.2) is 0 Å². The van der Waals surface area contributed by atoms with Gasteiger partial charge in [0.15, 0.2) is 0 Å². The molecule has 2 N–H and O–H groups in total. The number of carbonyl (C=O) groups excluding carboxylic acids is 4. The predicted octanol–water partition coefficient (Wildman–Crippen LogP) is 4.22. The van der Waals surface area contributed by atoms with Crippen molar-refractivity contribution in [2.24, 2.45) is 17.8 Å². The van der Waals surface area contributed by atoms with Crippen LogP contribution in [0.4, 0.5) is 11.4 Å². The van der Waals surface area contributed by atoms with E-state index in [-0.39, 0.29) is 48.7 Å². The Labute approximate surface area is 299 Å². The molecule has 49 heavy (non-hydrogen) atoms. The van der Waals surface area contributed by atoms with Crippen molar-refractivity contribution in [3.05, 3.63) is 49.6 Å². The molecule has 1 spiro atoms. The number of anilines is 2. The van der Waals surface area contributed by atoms with E-state index in [4.69, 9.17) is 9.47 Å². The van der Waals surface area contributed by atoms with Crippen molar-refractivity contribution in [2.45, 2.75) is 95.0 Å². The number of hydrogen-bond acceptors (Lipinski definition) is 8. The number of aliphatic hydroxyl groups excluding tert-OH is 1. The number of aliphatic hydroxyl groups is 1. The van der Waals surface area contributed by atoms with E-state index in [0.29, 0.717) is 24.9 Å². The molecule has 3 amide bonds. The van der Waals surface area contributed by atoms with E-state index in [0.717, 1.165) is 18.8 Å². The standard InChI is InChI=1S/C37H53BrN4O7/c1-8-13-14-29(44)39-21-24(7)48-36(47)30-31-34(45)42(28(22-43)23(6)10-3)33(37(31)20-27(38)32(30)49-37)35(46)41(19-9-2)26-17-15-25(16-18-26)40(11-4)12-5/h8-9,15-18,23-24,27-28,30-33,43H,1-2,10-14,19-22H2,3-7H3,(H,39,44)/t23-,24-,27?,28-,30+,31-,32+,33+,37-/m0/s1. The fourth-order valence-electron chi connectivity index (χ4n) is 7.72. The summed E-state index contributed by atoms with van der Waals surface area (Å²) in [6.45, 7) is 18.9. The number of nitrogens with zero attached hydrogens (tertiary/aromatic N) is 3. The SMILES string of the molecule is C=CCCC(=O)NC[C@H](C)OC(=O)[C@H]1[C@@H]2O[C@@]3(CC2Br)[C@@H]1C(=O)N([C@@H](CO)[C@@H](C)CC)[C@@H]3C(=O)N(CC=C)c1ccc(N(CC)CC)cc1. The summed E-state index contributed by atoms with van der Waals surface area (Å²) >= 11 is 3.71. The van der Waals surface area contributed by atoms with Crippen molar-refractivity contribution >= 4 is 51.0 Å². The zero-order chi connectivity index (χ0) is 36.0. The highest BCUT2D eigenvalue weighted by Gasteiger charge is 2.77. The van der Waals surface area contributed by atoms with Crippen molar-refractivity contribution in [1.29, 1.82) is 0 Å². The third-order valence-corrected chi connectivity index (χ3v) is 11.3. The molecule has 0 radical (unpaired) electrons. The Morgan fingerprint density at radius 3 is 2.37 bits per heavy atom. The highest BCUT2D eigenvalue weighted by molar-refractivity contribution is 9.09. The molecule has 1 aromatic carbocycles. The molecule has 0 saturated carbocycles. The van der Waals surface area contributed by atoms with Crippen LogP contribution in [0.2, 0.25) is 0 Å². The number of halogens is 1. The minimum atomic E-state index is -1.33. The summed E-state index contributed by atoms with van der Waals surface area (Å²) in [5.74, 6) is -3.68. The molecule has 9 atom stereocenters. The highest BCUT2D eigenvalue weighted by Crippen LogP contribution is 2.61. The van der Waals surface area contributed by atoms with E-state index in [1.165, 1.54) is 4.90 Å². The van der Waals surface area contributed by atoms with Crippen LogP contribution in [0.5, 0.6) is 0 Å². The molecule has 1 unspecified atom stereocenters. The molecule has 11 nitrogen and oxygen atoms in total. The summed E-state index contributed by atoms with van der Waals surface area (Å²) in [6.07, 6.45) is 3.73. The zero-order valence-electron chi connectivity index (χ0n) is 29.5. The monoisotopic (exact) mass is 744 g/mol. The molecular formula is C37H53BrN4O7. The number of fused-ring (bicyclic) bond motifs is 1. The molecule has 3 aliphatic rings. The Bertz CT molecular complexity index is 1370. The summed E-state index contributed by atoms with van der Waals surface area (Å²) in [7, 11) is 0. The molecule has 270 valence electrons. The van der Waals surface area contributed by atoms with Gasteiger partial charge >= 0.3 is 5.97 Å². The van der Waals surface area contributed by atoms with Gasteiger partial charge in [-0.05, 0) is 63.8 Å². The molecule has 3 heterocycles. The second-order valence-corrected chi connectivity index (χ2v) is 14.5. The third-order valence-electron chi connectivity index (χ3n) is 10.4. The number of benzene rings is 1. The van der Waals surface area contributed by atoms with Gasteiger partial charge in [0.2, 0.25) is 11.8 Å². The van der Waals surface area contributed by atoms with Crippen LogP contribution < -0.4 is 15.1 Å². The molecular weight excluding hydrogens is 692 g/mol. The summed E-state index contributed by atoms with van der Waals surface area (Å²) < 4.78 is 12.5. The maximum Gasteiger partial charge on any atom is 0.312 e. The van der Waals surface area contributed by atoms with Crippen molar-refractivity contribution in [3.63, 3.8) is 0 Å². The quantitative estimate of drug-likeness (QED) is 0.130. The molecule has 0 aromatic heterocycles. The summed E-state index contributed by atoms with van der Waals surface area (Å²) in [5, 5.41) is 13.5. The van der Waals surface area contributed by atoms with E-state index in [2.05, 4.69) is 53.2 Å². The Hall–Kier alpha value is -3.22. The number of amides is 3. The van der Waals surface area contributed by atoms with E-state index < -0.39 is 53.6 Å². The van der Waals surface area contributed by atoms with Gasteiger partial charge < -0.3 is 34.6 Å². The van der Waals surface area contributed by atoms with Crippen molar-refractivity contribution in [3.8, 4) is 0 Å². The first-order valence-corrected chi connectivity index (χ1v) is 18.5. The number of rotatable bonds is 18. The number of hydrogen-bond donors (Lipinski definition) is 2. The second kappa shape index (κ2) is 16.7. The van der Waals surface area contributed by atoms with Crippen LogP contribution in [0.1, 0.15) is 60.3 Å². The minimum Gasteiger partial charge on any atom is -0.460 e. The Balaban J connectivity index is 1.71. The fraction of sp³-hybridized carbons (Fsp3) is 0.622. The average molecular weight is 746 g/mol. The first-order chi connectivity index (χ1) is 23.4. The van der Waals surface area contributed by atoms with Crippen molar-refractivity contribution in [2.75, 3.05) is 42.6 Å². The number of likely N-dealkylation sites (tertiary alicyclic amines) is 1. The van der Waals surface area contributed by atoms with E-state index >= 15 is 0 Å². The van der Waals surface area contributed by atoms with Crippen LogP contribution >= 0.6 is 15.9 Å². The Morgan fingerprint density at radius 1 is 1.14 bits per heavy atom. The lowest BCUT2D eigenvalue weighted by Crippen LogP contribution is -2.60. The topological polar surface area (TPSA) is 129 Å². The van der Waals surface area contributed by atoms with Gasteiger partial charge in [0.05, 0.1) is 37.1 Å². The van der Waals surface area contributed by atoms with Gasteiger partial charge in [-0.15, -0.1) is 13.2 Å². The van der Waals surface area contributed by atoms with Crippen LogP contribution in [0.3, 0.4) is 0 Å². The number of alkyl halides is 1. The van der Waals surface area contributed by atoms with Gasteiger partial charge in [-0.3, -0.25) is 19.2 Å². The lowest BCUT2D eigenvalue weighted by atomic mass is 9.70. The normalized spacial score (nSPS) is 27.2. The van der Waals surface area contributed by atoms with Crippen LogP contribution in [-0.4, -0.2) is 101 Å². The smallest absolute Gasteiger partial charge is 0.312 e. The second-order valence-electron chi connectivity index (χ2n) is 13.3. The molecule has 0 aliphatic carbocycles. The molecule has 1 aromatic rings. The van der Waals surface area contributed by atoms with Gasteiger partial charge in [-0.1, -0.05) is 48.4 Å². The molecule has 3 fully saturated rings. The first-order valence-electron chi connectivity index (χ1n) is 17.5. The van der Waals surface area contributed by atoms with E-state index in [1.807, 2.05) is 38.1 Å². The molecule has 2 bridgehead atoms. The van der Waals surface area contributed by atoms with Crippen LogP contribution in [0.25, 0.3) is 0 Å². The Kier molecular flexibility index (Phi) is 13.1. The number of carbonyl (C=O) groups is 4. The summed E-state index contributed by atoms with van der Waals surface area (Å²) in [5.41, 5.74) is 0.334. The largest absolute Gasteiger partial charge is 0.460 e. The molecule has 3 aliphatic heterocycles. The molecule has 4 rings (SSSR count). The third kappa shape index (κ3) is 7.46.